The van der Waals surface area contributed by atoms with E-state index >= 15 is 0 Å². The van der Waals surface area contributed by atoms with Crippen LogP contribution in [-0.4, -0.2) is 69.2 Å². The number of Topliss-reactive ketones (excluding diaryl/α,β-unsaturated/α-hetero) is 1. The fraction of sp³-hybridized carbons (Fsp3) is 0.588. The molecule has 2 fully saturated rings. The number of nitrogens with one attached hydrogen (secondary N) is 2. The van der Waals surface area contributed by atoms with Gasteiger partial charge in [0.25, 0.3) is 5.91 Å². The fourth-order valence-electron chi connectivity index (χ4n) is 7.16. The number of ketones is 1. The molecule has 9 heteroatoms. The molecule has 1 aliphatic heterocycles. The van der Waals surface area contributed by atoms with Gasteiger partial charge >= 0.3 is 0 Å². The van der Waals surface area contributed by atoms with E-state index in [4.69, 9.17) is 9.15 Å². The predicted molar refractivity (Wildman–Crippen MR) is 163 cm³/mol. The number of piperidine rings is 1. The first kappa shape index (κ1) is 29.9. The van der Waals surface area contributed by atoms with E-state index in [1.54, 1.807) is 6.26 Å². The Hall–Kier alpha value is -3.14. The van der Waals surface area contributed by atoms with Gasteiger partial charge in [0.15, 0.2) is 5.78 Å². The largest absolute Gasteiger partial charge is 0.488 e. The Balaban J connectivity index is 1.04. The molecule has 6 rings (SSSR count). The van der Waals surface area contributed by atoms with Crippen molar-refractivity contribution in [3.05, 3.63) is 53.1 Å². The van der Waals surface area contributed by atoms with Gasteiger partial charge in [-0.3, -0.25) is 9.59 Å². The first-order chi connectivity index (χ1) is 20.5. The number of aromatic nitrogens is 1. The van der Waals surface area contributed by atoms with E-state index in [-0.39, 0.29) is 41.8 Å². The van der Waals surface area contributed by atoms with Crippen molar-refractivity contribution in [2.24, 2.45) is 11.3 Å². The molecule has 0 unspecified atom stereocenters. The molecule has 0 radical (unpaired) electrons. The van der Waals surface area contributed by atoms with Crippen LogP contribution in [-0.2, 0) is 13.0 Å². The number of rotatable bonds is 8. The smallest absolute Gasteiger partial charge is 0.267 e. The topological polar surface area (TPSA) is 128 Å². The molecule has 3 aromatic rings. The second kappa shape index (κ2) is 11.7. The van der Waals surface area contributed by atoms with E-state index in [2.05, 4.69) is 36.0 Å². The van der Waals surface area contributed by atoms with Crippen LogP contribution in [0.2, 0.25) is 0 Å². The Kier molecular flexibility index (Phi) is 8.17. The lowest BCUT2D eigenvalue weighted by atomic mass is 9.76. The summed E-state index contributed by atoms with van der Waals surface area (Å²) in [5.74, 6) is 1.55. The van der Waals surface area contributed by atoms with Crippen molar-refractivity contribution in [1.29, 1.82) is 0 Å². The number of carbonyl (C=O) groups excluding carboxylic acids is 2. The lowest BCUT2D eigenvalue weighted by molar-refractivity contribution is -0.0272. The molecule has 3 heterocycles. The van der Waals surface area contributed by atoms with Gasteiger partial charge in [-0.15, -0.1) is 0 Å². The summed E-state index contributed by atoms with van der Waals surface area (Å²) in [4.78, 5) is 31.6. The van der Waals surface area contributed by atoms with Crippen molar-refractivity contribution < 1.29 is 29.0 Å². The molecule has 0 spiro atoms. The number of benzene rings is 1. The second-order valence-corrected chi connectivity index (χ2v) is 14.0. The van der Waals surface area contributed by atoms with Crippen molar-refractivity contribution in [3.63, 3.8) is 0 Å². The Labute approximate surface area is 253 Å². The molecular weight excluding hydrogens is 546 g/mol. The number of likely N-dealkylation sites (tertiary alicyclic amines) is 1. The fourth-order valence-corrected chi connectivity index (χ4v) is 7.16. The maximum absolute atomic E-state index is 13.2. The summed E-state index contributed by atoms with van der Waals surface area (Å²) < 4.78 is 11.9. The van der Waals surface area contributed by atoms with Crippen LogP contribution in [0, 0.1) is 11.3 Å². The molecule has 0 bridgehead atoms. The highest BCUT2D eigenvalue weighted by Gasteiger charge is 2.36. The predicted octanol–water partition coefficient (Wildman–Crippen LogP) is 4.99. The maximum Gasteiger partial charge on any atom is 0.267 e. The number of carbonyl (C=O) groups is 2. The van der Waals surface area contributed by atoms with E-state index in [0.29, 0.717) is 36.3 Å². The average Bonchev–Trinajstić information content (AvgIpc) is 3.58. The van der Waals surface area contributed by atoms with E-state index in [9.17, 15) is 19.8 Å². The number of fused-ring (bicyclic) bond motifs is 2. The van der Waals surface area contributed by atoms with Crippen LogP contribution < -0.4 is 10.1 Å². The zero-order chi connectivity index (χ0) is 30.4. The summed E-state index contributed by atoms with van der Waals surface area (Å²) in [7, 11) is 0. The monoisotopic (exact) mass is 591 g/mol. The zero-order valence-corrected chi connectivity index (χ0v) is 25.6. The van der Waals surface area contributed by atoms with Crippen molar-refractivity contribution in [2.75, 3.05) is 19.6 Å². The molecule has 4 N–H and O–H groups in total. The first-order valence-electron chi connectivity index (χ1n) is 15.8. The number of H-pyrrole nitrogens is 1. The van der Waals surface area contributed by atoms with Crippen LogP contribution in [0.5, 0.6) is 5.75 Å². The van der Waals surface area contributed by atoms with Gasteiger partial charge in [-0.2, -0.15) is 0 Å². The van der Waals surface area contributed by atoms with Gasteiger partial charge in [-0.1, -0.05) is 26.8 Å². The van der Waals surface area contributed by atoms with Crippen molar-refractivity contribution in [2.45, 2.75) is 96.5 Å². The molecule has 1 saturated carbocycles. The standard InChI is InChI=1S/C34H45N3O6/c1-21-18-37(13-9-27(21)38)14-12-34(41)10-7-23(8-11-34)35-32(40)26-15-24-25(36-26)5-4-6-29(24)42-19-22-20-43-30-17-33(2,3)16-28(39)31(22)30/h4-6,15,20-21,23,27,36,38,41H,7-14,16-19H2,1-3H3,(H,35,40)/t21-,23-,27-,34+/m0/s1. The summed E-state index contributed by atoms with van der Waals surface area (Å²) in [6.45, 7) is 9.02. The molecule has 9 nitrogen and oxygen atoms in total. The number of aliphatic hydroxyl groups excluding tert-OH is 1. The first-order valence-corrected chi connectivity index (χ1v) is 15.8. The maximum atomic E-state index is 13.2. The molecule has 2 aromatic heterocycles. The number of hydrogen-bond donors (Lipinski definition) is 4. The number of aliphatic hydroxyl groups is 2. The van der Waals surface area contributed by atoms with Crippen LogP contribution in [0.15, 0.2) is 34.9 Å². The normalized spacial score (nSPS) is 27.7. The summed E-state index contributed by atoms with van der Waals surface area (Å²) in [5.41, 5.74) is 1.86. The average molecular weight is 592 g/mol. The molecule has 1 aromatic carbocycles. The van der Waals surface area contributed by atoms with Crippen molar-refractivity contribution >= 4 is 22.6 Å². The zero-order valence-electron chi connectivity index (χ0n) is 25.6. The van der Waals surface area contributed by atoms with Gasteiger partial charge < -0.3 is 34.6 Å². The van der Waals surface area contributed by atoms with E-state index in [1.807, 2.05) is 24.3 Å². The van der Waals surface area contributed by atoms with Gasteiger partial charge in [0.1, 0.15) is 23.8 Å². The molecule has 3 aliphatic rings. The van der Waals surface area contributed by atoms with Gasteiger partial charge in [0, 0.05) is 55.0 Å². The summed E-state index contributed by atoms with van der Waals surface area (Å²) in [6, 6.07) is 7.48. The quantitative estimate of drug-likeness (QED) is 0.291. The third-order valence-corrected chi connectivity index (χ3v) is 9.84. The van der Waals surface area contributed by atoms with E-state index < -0.39 is 5.60 Å². The van der Waals surface area contributed by atoms with Gasteiger partial charge in [-0.05, 0) is 68.1 Å². The number of nitrogens with zero attached hydrogens (tertiary/aromatic N) is 1. The molecule has 2 atom stereocenters. The number of hydrogen-bond acceptors (Lipinski definition) is 7. The Morgan fingerprint density at radius 3 is 2.77 bits per heavy atom. The summed E-state index contributed by atoms with van der Waals surface area (Å²) >= 11 is 0. The van der Waals surface area contributed by atoms with E-state index in [1.165, 1.54) is 0 Å². The van der Waals surface area contributed by atoms with Crippen LogP contribution in [0.3, 0.4) is 0 Å². The minimum Gasteiger partial charge on any atom is -0.488 e. The van der Waals surface area contributed by atoms with Crippen molar-refractivity contribution in [3.8, 4) is 5.75 Å². The minimum absolute atomic E-state index is 0.00912. The van der Waals surface area contributed by atoms with Crippen LogP contribution in [0.25, 0.3) is 10.9 Å². The van der Waals surface area contributed by atoms with Crippen LogP contribution >= 0.6 is 0 Å². The summed E-state index contributed by atoms with van der Waals surface area (Å²) in [6.07, 6.45) is 6.92. The highest BCUT2D eigenvalue weighted by molar-refractivity contribution is 6.00. The highest BCUT2D eigenvalue weighted by Crippen LogP contribution is 2.38. The second-order valence-electron chi connectivity index (χ2n) is 14.0. The van der Waals surface area contributed by atoms with Crippen molar-refractivity contribution in [1.82, 2.24) is 15.2 Å². The molecule has 2 aliphatic carbocycles. The number of aromatic amines is 1. The van der Waals surface area contributed by atoms with Gasteiger partial charge in [-0.25, -0.2) is 0 Å². The molecule has 1 saturated heterocycles. The number of ether oxygens (including phenoxy) is 1. The number of amides is 1. The third-order valence-electron chi connectivity index (χ3n) is 9.84. The Bertz CT molecular complexity index is 1480. The molecule has 43 heavy (non-hydrogen) atoms. The van der Waals surface area contributed by atoms with Crippen LogP contribution in [0.4, 0.5) is 0 Å². The summed E-state index contributed by atoms with van der Waals surface area (Å²) in [5, 5.41) is 25.1. The molecule has 232 valence electrons. The van der Waals surface area contributed by atoms with Gasteiger partial charge in [0.05, 0.1) is 23.5 Å². The molecular formula is C34H45N3O6. The SMILES string of the molecule is C[C@H]1CN(CC[C@]2(O)CC[C@@H](NC(=O)c3cc4c(OCc5coc6c5C(=O)CC(C)(C)C6)cccc4[nH]3)CC2)CC[C@@H]1O. The minimum atomic E-state index is -0.705. The highest BCUT2D eigenvalue weighted by atomic mass is 16.5. The van der Waals surface area contributed by atoms with Gasteiger partial charge in [0.2, 0.25) is 0 Å². The Morgan fingerprint density at radius 2 is 2.00 bits per heavy atom. The lowest BCUT2D eigenvalue weighted by Crippen LogP contribution is -2.47. The third kappa shape index (κ3) is 6.54. The number of furan rings is 1. The lowest BCUT2D eigenvalue weighted by Gasteiger charge is -2.39. The van der Waals surface area contributed by atoms with Crippen LogP contribution in [0.1, 0.15) is 97.9 Å². The Morgan fingerprint density at radius 1 is 1.21 bits per heavy atom. The van der Waals surface area contributed by atoms with E-state index in [0.717, 1.165) is 74.0 Å². The molecule has 1 amide bonds.